The van der Waals surface area contributed by atoms with Crippen molar-refractivity contribution >= 4 is 23.8 Å². The number of aliphatic carboxylic acids is 1. The Morgan fingerprint density at radius 3 is 1.59 bits per heavy atom. The van der Waals surface area contributed by atoms with Gasteiger partial charge in [0.25, 0.3) is 0 Å². The third-order valence-corrected chi connectivity index (χ3v) is 6.77. The number of hydrogen-bond acceptors (Lipinski definition) is 6. The monoisotopic (exact) mass is 567 g/mol. The van der Waals surface area contributed by atoms with Gasteiger partial charge in [0, 0.05) is 19.3 Å². The van der Waals surface area contributed by atoms with Gasteiger partial charge in [-0.25, -0.2) is 4.79 Å². The molecule has 2 N–H and O–H groups in total. The van der Waals surface area contributed by atoms with E-state index in [1.807, 2.05) is 60.7 Å². The number of esters is 2. The summed E-state index contributed by atoms with van der Waals surface area (Å²) in [6.45, 7) is 0.407. The van der Waals surface area contributed by atoms with E-state index in [1.165, 1.54) is 0 Å². The summed E-state index contributed by atoms with van der Waals surface area (Å²) in [5.41, 5.74) is 1.82. The molecule has 0 heterocycles. The zero-order valence-electron chi connectivity index (χ0n) is 24.1. The molecule has 2 rings (SSSR count). The summed E-state index contributed by atoms with van der Waals surface area (Å²) < 4.78 is 10.6. The number of carbonyl (C=O) groups is 4. The van der Waals surface area contributed by atoms with E-state index in [0.29, 0.717) is 19.4 Å². The maximum Gasteiger partial charge on any atom is 0.328 e. The molecule has 0 aliphatic heterocycles. The van der Waals surface area contributed by atoms with Crippen LogP contribution < -0.4 is 5.32 Å². The third kappa shape index (κ3) is 16.9. The zero-order valence-corrected chi connectivity index (χ0v) is 24.1. The second kappa shape index (κ2) is 21.1. The van der Waals surface area contributed by atoms with Crippen LogP contribution in [-0.2, 0) is 41.9 Å². The average molecular weight is 568 g/mol. The standard InChI is InChI=1S/C33H45NO7/c35-30(34-29(23-24-31(36)37)33(39)41-26-28-19-13-10-14-20-28)21-15-7-5-3-1-2-4-6-8-16-22-32(38)40-25-27-17-11-9-12-18-27/h9-14,17-20,29H,1-8,15-16,21-26H2,(H,34,35)(H,36,37). The molecule has 0 bridgehead atoms. The highest BCUT2D eigenvalue weighted by atomic mass is 16.5. The largest absolute Gasteiger partial charge is 0.481 e. The first-order valence-corrected chi connectivity index (χ1v) is 14.9. The molecule has 0 aliphatic rings. The van der Waals surface area contributed by atoms with E-state index < -0.39 is 18.0 Å². The van der Waals surface area contributed by atoms with Crippen molar-refractivity contribution in [2.75, 3.05) is 0 Å². The number of ether oxygens (including phenoxy) is 2. The molecule has 0 fully saturated rings. The Hall–Kier alpha value is -3.68. The number of unbranched alkanes of at least 4 members (excludes halogenated alkanes) is 9. The quantitative estimate of drug-likeness (QED) is 0.123. The predicted molar refractivity (Wildman–Crippen MR) is 157 cm³/mol. The Balaban J connectivity index is 1.46. The molecule has 0 aliphatic carbocycles. The lowest BCUT2D eigenvalue weighted by Crippen LogP contribution is -2.42. The fraction of sp³-hybridized carbons (Fsp3) is 0.515. The van der Waals surface area contributed by atoms with Crippen LogP contribution in [0.4, 0.5) is 0 Å². The molecule has 224 valence electrons. The number of rotatable bonds is 22. The molecule has 1 atom stereocenters. The Morgan fingerprint density at radius 1 is 0.610 bits per heavy atom. The van der Waals surface area contributed by atoms with E-state index in [9.17, 15) is 19.2 Å². The second-order valence-electron chi connectivity index (χ2n) is 10.3. The van der Waals surface area contributed by atoms with Gasteiger partial charge in [-0.1, -0.05) is 112 Å². The van der Waals surface area contributed by atoms with Crippen molar-refractivity contribution in [2.45, 2.75) is 109 Å². The van der Waals surface area contributed by atoms with E-state index >= 15 is 0 Å². The van der Waals surface area contributed by atoms with Crippen molar-refractivity contribution in [3.05, 3.63) is 71.8 Å². The molecule has 8 nitrogen and oxygen atoms in total. The topological polar surface area (TPSA) is 119 Å². The number of amides is 1. The van der Waals surface area contributed by atoms with Crippen molar-refractivity contribution in [1.29, 1.82) is 0 Å². The molecule has 0 spiro atoms. The molecule has 0 saturated heterocycles. The van der Waals surface area contributed by atoms with Crippen molar-refractivity contribution < 1.29 is 33.8 Å². The third-order valence-electron chi connectivity index (χ3n) is 6.77. The van der Waals surface area contributed by atoms with Gasteiger partial charge < -0.3 is 19.9 Å². The van der Waals surface area contributed by atoms with Gasteiger partial charge in [0.15, 0.2) is 0 Å². The van der Waals surface area contributed by atoms with E-state index in [-0.39, 0.29) is 31.3 Å². The summed E-state index contributed by atoms with van der Waals surface area (Å²) in [6.07, 6.45) is 10.8. The first-order chi connectivity index (χ1) is 19.9. The van der Waals surface area contributed by atoms with Crippen LogP contribution in [0.25, 0.3) is 0 Å². The number of benzene rings is 2. The number of nitrogens with one attached hydrogen (secondary N) is 1. The SMILES string of the molecule is O=C(O)CCC(NC(=O)CCCCCCCCCCCCC(=O)OCc1ccccc1)C(=O)OCc1ccccc1. The lowest BCUT2D eigenvalue weighted by Gasteiger charge is -2.17. The normalized spacial score (nSPS) is 11.4. The highest BCUT2D eigenvalue weighted by molar-refractivity contribution is 5.84. The van der Waals surface area contributed by atoms with Gasteiger partial charge >= 0.3 is 17.9 Å². The first-order valence-electron chi connectivity index (χ1n) is 14.9. The molecule has 2 aromatic rings. The summed E-state index contributed by atoms with van der Waals surface area (Å²) in [5.74, 6) is -2.05. The minimum Gasteiger partial charge on any atom is -0.481 e. The molecule has 2 aromatic carbocycles. The van der Waals surface area contributed by atoms with Gasteiger partial charge in [-0.05, 0) is 30.4 Å². The zero-order chi connectivity index (χ0) is 29.5. The number of carbonyl (C=O) groups excluding carboxylic acids is 3. The second-order valence-corrected chi connectivity index (χ2v) is 10.3. The highest BCUT2D eigenvalue weighted by Crippen LogP contribution is 2.13. The van der Waals surface area contributed by atoms with Crippen molar-refractivity contribution in [3.8, 4) is 0 Å². The number of carboxylic acids is 1. The van der Waals surface area contributed by atoms with Crippen LogP contribution in [0, 0.1) is 0 Å². The van der Waals surface area contributed by atoms with Gasteiger partial charge in [0.1, 0.15) is 19.3 Å². The van der Waals surface area contributed by atoms with Crippen LogP contribution in [0.15, 0.2) is 60.7 Å². The van der Waals surface area contributed by atoms with E-state index in [0.717, 1.165) is 75.3 Å². The molecule has 41 heavy (non-hydrogen) atoms. The van der Waals surface area contributed by atoms with E-state index in [1.54, 1.807) is 0 Å². The van der Waals surface area contributed by atoms with Crippen LogP contribution in [0.1, 0.15) is 101 Å². The summed E-state index contributed by atoms with van der Waals surface area (Å²) in [6, 6.07) is 17.9. The molecule has 0 aromatic heterocycles. The maximum atomic E-state index is 12.5. The fourth-order valence-corrected chi connectivity index (χ4v) is 4.39. The lowest BCUT2D eigenvalue weighted by molar-refractivity contribution is -0.150. The number of hydrogen-bond donors (Lipinski definition) is 2. The maximum absolute atomic E-state index is 12.5. The molecule has 1 unspecified atom stereocenters. The van der Waals surface area contributed by atoms with Gasteiger partial charge in [-0.15, -0.1) is 0 Å². The Labute approximate surface area is 243 Å². The Morgan fingerprint density at radius 2 is 1.07 bits per heavy atom. The van der Waals surface area contributed by atoms with Crippen molar-refractivity contribution in [3.63, 3.8) is 0 Å². The van der Waals surface area contributed by atoms with Gasteiger partial charge in [0.05, 0.1) is 0 Å². The average Bonchev–Trinajstić information content (AvgIpc) is 2.98. The highest BCUT2D eigenvalue weighted by Gasteiger charge is 2.23. The van der Waals surface area contributed by atoms with Gasteiger partial charge in [0.2, 0.25) is 5.91 Å². The van der Waals surface area contributed by atoms with Gasteiger partial charge in [-0.3, -0.25) is 14.4 Å². The molecular weight excluding hydrogens is 522 g/mol. The predicted octanol–water partition coefficient (Wildman–Crippen LogP) is 6.50. The summed E-state index contributed by atoms with van der Waals surface area (Å²) in [5, 5.41) is 11.7. The van der Waals surface area contributed by atoms with Crippen molar-refractivity contribution in [1.82, 2.24) is 5.32 Å². The molecule has 0 radical (unpaired) electrons. The minimum atomic E-state index is -1.03. The van der Waals surface area contributed by atoms with E-state index in [4.69, 9.17) is 14.6 Å². The molecular formula is C33H45NO7. The summed E-state index contributed by atoms with van der Waals surface area (Å²) in [4.78, 5) is 47.7. The van der Waals surface area contributed by atoms with Crippen LogP contribution in [0.5, 0.6) is 0 Å². The van der Waals surface area contributed by atoms with Crippen LogP contribution in [-0.4, -0.2) is 35.0 Å². The molecule has 0 saturated carbocycles. The smallest absolute Gasteiger partial charge is 0.328 e. The van der Waals surface area contributed by atoms with Crippen LogP contribution in [0.2, 0.25) is 0 Å². The lowest BCUT2D eigenvalue weighted by atomic mass is 10.0. The molecule has 1 amide bonds. The first kappa shape index (κ1) is 33.5. The van der Waals surface area contributed by atoms with E-state index in [2.05, 4.69) is 5.32 Å². The van der Waals surface area contributed by atoms with Gasteiger partial charge in [-0.2, -0.15) is 0 Å². The summed E-state index contributed by atoms with van der Waals surface area (Å²) >= 11 is 0. The molecule has 8 heteroatoms. The number of carboxylic acid groups (broad SMARTS) is 1. The Bertz CT molecular complexity index is 1030. The Kier molecular flexibility index (Phi) is 17.3. The fourth-order valence-electron chi connectivity index (χ4n) is 4.39. The van der Waals surface area contributed by atoms with Crippen LogP contribution in [0.3, 0.4) is 0 Å². The summed E-state index contributed by atoms with van der Waals surface area (Å²) in [7, 11) is 0. The van der Waals surface area contributed by atoms with Crippen LogP contribution >= 0.6 is 0 Å². The minimum absolute atomic E-state index is 0.00690. The van der Waals surface area contributed by atoms with Crippen molar-refractivity contribution in [2.24, 2.45) is 0 Å².